The van der Waals surface area contributed by atoms with Crippen LogP contribution in [-0.4, -0.2) is 51.3 Å². The van der Waals surface area contributed by atoms with Crippen LogP contribution in [0.5, 0.6) is 0 Å². The summed E-state index contributed by atoms with van der Waals surface area (Å²) in [5, 5.41) is 3.52. The van der Waals surface area contributed by atoms with Gasteiger partial charge in [0.05, 0.1) is 6.61 Å². The molecule has 0 amide bonds. The Bertz CT molecular complexity index is 181. The number of rotatable bonds is 9. The van der Waals surface area contributed by atoms with Crippen LogP contribution in [0.4, 0.5) is 0 Å². The number of nitrogens with zero attached hydrogens (tertiary/aromatic N) is 1. The van der Waals surface area contributed by atoms with Crippen LogP contribution in [0, 0.1) is 11.8 Å². The summed E-state index contributed by atoms with van der Waals surface area (Å²) in [6.45, 7) is 8.68. The van der Waals surface area contributed by atoms with Gasteiger partial charge in [-0.3, -0.25) is 4.90 Å². The highest BCUT2D eigenvalue weighted by atomic mass is 16.5. The Morgan fingerprint density at radius 3 is 2.50 bits per heavy atom. The molecule has 96 valence electrons. The first-order chi connectivity index (χ1) is 7.63. The van der Waals surface area contributed by atoms with E-state index in [9.17, 15) is 0 Å². The lowest BCUT2D eigenvalue weighted by molar-refractivity contribution is 0.102. The first-order valence-electron chi connectivity index (χ1n) is 6.53. The fourth-order valence-electron chi connectivity index (χ4n) is 1.93. The smallest absolute Gasteiger partial charge is 0.0630 e. The first-order valence-corrected chi connectivity index (χ1v) is 6.53. The Labute approximate surface area is 101 Å². The Morgan fingerprint density at radius 1 is 1.31 bits per heavy atom. The van der Waals surface area contributed by atoms with E-state index >= 15 is 0 Å². The zero-order valence-electron chi connectivity index (χ0n) is 11.3. The number of hydrogen-bond acceptors (Lipinski definition) is 3. The zero-order chi connectivity index (χ0) is 12.0. The molecule has 3 heteroatoms. The minimum atomic E-state index is 0.518. The van der Waals surface area contributed by atoms with Crippen molar-refractivity contribution in [1.29, 1.82) is 0 Å². The van der Waals surface area contributed by atoms with Crippen LogP contribution < -0.4 is 5.32 Å². The molecule has 0 spiro atoms. The van der Waals surface area contributed by atoms with Gasteiger partial charge in [0, 0.05) is 26.2 Å². The highest BCUT2D eigenvalue weighted by molar-refractivity contribution is 4.80. The average molecular weight is 228 g/mol. The van der Waals surface area contributed by atoms with E-state index in [1.54, 1.807) is 7.11 Å². The van der Waals surface area contributed by atoms with Crippen LogP contribution in [0.1, 0.15) is 26.7 Å². The predicted molar refractivity (Wildman–Crippen MR) is 68.7 cm³/mol. The minimum Gasteiger partial charge on any atom is -0.383 e. The van der Waals surface area contributed by atoms with Crippen LogP contribution in [0.15, 0.2) is 0 Å². The number of methoxy groups -OCH3 is 1. The second kappa shape index (κ2) is 7.25. The topological polar surface area (TPSA) is 24.5 Å². The maximum atomic E-state index is 5.30. The van der Waals surface area contributed by atoms with Crippen molar-refractivity contribution in [3.8, 4) is 0 Å². The molecular formula is C13H28N2O. The van der Waals surface area contributed by atoms with E-state index in [0.29, 0.717) is 6.04 Å². The van der Waals surface area contributed by atoms with E-state index < -0.39 is 0 Å². The molecule has 1 saturated carbocycles. The maximum Gasteiger partial charge on any atom is 0.0630 e. The van der Waals surface area contributed by atoms with Gasteiger partial charge in [0.1, 0.15) is 0 Å². The molecule has 1 N–H and O–H groups in total. The van der Waals surface area contributed by atoms with Crippen molar-refractivity contribution in [3.05, 3.63) is 0 Å². The molecule has 16 heavy (non-hydrogen) atoms. The molecule has 0 aliphatic heterocycles. The highest BCUT2D eigenvalue weighted by Crippen LogP contribution is 2.29. The Hall–Kier alpha value is -0.120. The van der Waals surface area contributed by atoms with Crippen molar-refractivity contribution in [2.24, 2.45) is 11.8 Å². The van der Waals surface area contributed by atoms with Crippen molar-refractivity contribution >= 4 is 0 Å². The van der Waals surface area contributed by atoms with E-state index in [1.807, 2.05) is 0 Å². The van der Waals surface area contributed by atoms with Crippen molar-refractivity contribution < 1.29 is 4.74 Å². The van der Waals surface area contributed by atoms with Crippen LogP contribution in [0.2, 0.25) is 0 Å². The van der Waals surface area contributed by atoms with Crippen LogP contribution >= 0.6 is 0 Å². The number of ether oxygens (including phenoxy) is 1. The monoisotopic (exact) mass is 228 g/mol. The van der Waals surface area contributed by atoms with E-state index in [0.717, 1.165) is 31.5 Å². The molecule has 3 nitrogen and oxygen atoms in total. The first kappa shape index (κ1) is 13.9. The standard InChI is InChI=1S/C13H28N2O/c1-11(2)7-14-8-13(10-16-4)15(3)9-12-5-6-12/h11-14H,5-10H2,1-4H3. The molecule has 1 atom stereocenters. The number of likely N-dealkylation sites (N-methyl/N-ethyl adjacent to an activating group) is 1. The maximum absolute atomic E-state index is 5.30. The molecule has 1 unspecified atom stereocenters. The summed E-state index contributed by atoms with van der Waals surface area (Å²) in [6.07, 6.45) is 2.84. The third-order valence-electron chi connectivity index (χ3n) is 3.16. The zero-order valence-corrected chi connectivity index (χ0v) is 11.3. The summed E-state index contributed by atoms with van der Waals surface area (Å²) < 4.78 is 5.30. The molecular weight excluding hydrogens is 200 g/mol. The molecule has 0 aromatic heterocycles. The highest BCUT2D eigenvalue weighted by Gasteiger charge is 2.25. The van der Waals surface area contributed by atoms with Gasteiger partial charge in [0.25, 0.3) is 0 Å². The van der Waals surface area contributed by atoms with Gasteiger partial charge in [-0.25, -0.2) is 0 Å². The van der Waals surface area contributed by atoms with E-state index in [1.165, 1.54) is 19.4 Å². The Morgan fingerprint density at radius 2 is 2.00 bits per heavy atom. The lowest BCUT2D eigenvalue weighted by Gasteiger charge is -2.28. The van der Waals surface area contributed by atoms with E-state index in [4.69, 9.17) is 4.74 Å². The van der Waals surface area contributed by atoms with Gasteiger partial charge in [-0.1, -0.05) is 13.8 Å². The van der Waals surface area contributed by atoms with Crippen LogP contribution in [0.25, 0.3) is 0 Å². The number of hydrogen-bond donors (Lipinski definition) is 1. The van der Waals surface area contributed by atoms with Gasteiger partial charge in [0.2, 0.25) is 0 Å². The summed E-state index contributed by atoms with van der Waals surface area (Å²) in [5.74, 6) is 1.67. The fourth-order valence-corrected chi connectivity index (χ4v) is 1.93. The predicted octanol–water partition coefficient (Wildman–Crippen LogP) is 1.59. The average Bonchev–Trinajstić information content (AvgIpc) is 2.99. The molecule has 0 heterocycles. The van der Waals surface area contributed by atoms with Crippen molar-refractivity contribution in [1.82, 2.24) is 10.2 Å². The van der Waals surface area contributed by atoms with Crippen LogP contribution in [-0.2, 0) is 4.74 Å². The fraction of sp³-hybridized carbons (Fsp3) is 1.00. The third kappa shape index (κ3) is 5.83. The summed E-state index contributed by atoms with van der Waals surface area (Å²) in [7, 11) is 4.01. The van der Waals surface area contributed by atoms with E-state index in [2.05, 4.69) is 31.1 Å². The van der Waals surface area contributed by atoms with Crippen molar-refractivity contribution in [2.45, 2.75) is 32.7 Å². The summed E-state index contributed by atoms with van der Waals surface area (Å²) >= 11 is 0. The number of nitrogens with one attached hydrogen (secondary N) is 1. The normalized spacial score (nSPS) is 18.4. The molecule has 0 radical (unpaired) electrons. The van der Waals surface area contributed by atoms with Gasteiger partial charge < -0.3 is 10.1 Å². The second-order valence-corrected chi connectivity index (χ2v) is 5.54. The lowest BCUT2D eigenvalue weighted by Crippen LogP contribution is -2.44. The molecule has 1 fully saturated rings. The SMILES string of the molecule is COCC(CNCC(C)C)N(C)CC1CC1. The quantitative estimate of drug-likeness (QED) is 0.648. The Balaban J connectivity index is 2.21. The van der Waals surface area contributed by atoms with Gasteiger partial charge in [-0.05, 0) is 38.3 Å². The molecule has 1 rings (SSSR count). The van der Waals surface area contributed by atoms with Gasteiger partial charge in [-0.2, -0.15) is 0 Å². The third-order valence-corrected chi connectivity index (χ3v) is 3.16. The van der Waals surface area contributed by atoms with Crippen LogP contribution in [0.3, 0.4) is 0 Å². The van der Waals surface area contributed by atoms with Gasteiger partial charge >= 0.3 is 0 Å². The Kier molecular flexibility index (Phi) is 6.32. The summed E-state index contributed by atoms with van der Waals surface area (Å²) in [5.41, 5.74) is 0. The van der Waals surface area contributed by atoms with Gasteiger partial charge in [0.15, 0.2) is 0 Å². The molecule has 0 aromatic carbocycles. The molecule has 1 aliphatic carbocycles. The molecule has 0 saturated heterocycles. The summed E-state index contributed by atoms with van der Waals surface area (Å²) in [4.78, 5) is 2.45. The van der Waals surface area contributed by atoms with Crippen molar-refractivity contribution in [2.75, 3.05) is 40.4 Å². The van der Waals surface area contributed by atoms with E-state index in [-0.39, 0.29) is 0 Å². The molecule has 0 aromatic rings. The second-order valence-electron chi connectivity index (χ2n) is 5.54. The molecule has 0 bridgehead atoms. The minimum absolute atomic E-state index is 0.518. The van der Waals surface area contributed by atoms with Gasteiger partial charge in [-0.15, -0.1) is 0 Å². The largest absolute Gasteiger partial charge is 0.383 e. The molecule has 1 aliphatic rings. The van der Waals surface area contributed by atoms with Crippen molar-refractivity contribution in [3.63, 3.8) is 0 Å². The lowest BCUT2D eigenvalue weighted by atomic mass is 10.2. The summed E-state index contributed by atoms with van der Waals surface area (Å²) in [6, 6.07) is 0.518.